The summed E-state index contributed by atoms with van der Waals surface area (Å²) in [5, 5.41) is 0. The Morgan fingerprint density at radius 2 is 2.00 bits per heavy atom. The average molecular weight is 232 g/mol. The number of halogens is 1. The molecular weight excluding hydrogens is 219 g/mol. The molecule has 88 valence electrons. The van der Waals surface area contributed by atoms with Gasteiger partial charge in [-0.3, -0.25) is 0 Å². The molecule has 4 heteroatoms. The van der Waals surface area contributed by atoms with E-state index < -0.39 is 0 Å². The number of ether oxygens (including phenoxy) is 1. The lowest BCUT2D eigenvalue weighted by Gasteiger charge is -2.11. The van der Waals surface area contributed by atoms with Crippen LogP contribution >= 0.6 is 0 Å². The minimum absolute atomic E-state index is 0.347. The Kier molecular flexibility index (Phi) is 2.95. The standard InChI is InChI=1S/C13H13FN2O/c1-8-6-7-11(15)16-13(8)12-9(14)4-3-5-10(12)17-2/h3-7H,1-2H3,(H2,15,16). The Labute approximate surface area is 99.1 Å². The van der Waals surface area contributed by atoms with Crippen LogP contribution in [-0.4, -0.2) is 12.1 Å². The number of aryl methyl sites for hydroxylation is 1. The molecule has 0 amide bonds. The molecule has 0 unspecified atom stereocenters. The van der Waals surface area contributed by atoms with Crippen molar-refractivity contribution in [1.82, 2.24) is 4.98 Å². The summed E-state index contributed by atoms with van der Waals surface area (Å²) in [5.74, 6) is 0.438. The molecule has 0 aliphatic carbocycles. The van der Waals surface area contributed by atoms with Crippen molar-refractivity contribution in [2.24, 2.45) is 0 Å². The van der Waals surface area contributed by atoms with E-state index in [1.165, 1.54) is 13.2 Å². The van der Waals surface area contributed by atoms with Gasteiger partial charge >= 0.3 is 0 Å². The maximum atomic E-state index is 13.9. The average Bonchev–Trinajstić information content (AvgIpc) is 2.32. The molecule has 0 aliphatic rings. The molecule has 1 heterocycles. The lowest BCUT2D eigenvalue weighted by Crippen LogP contribution is -1.98. The van der Waals surface area contributed by atoms with E-state index in [4.69, 9.17) is 10.5 Å². The molecule has 0 aliphatic heterocycles. The summed E-state index contributed by atoms with van der Waals surface area (Å²) < 4.78 is 19.0. The SMILES string of the molecule is COc1cccc(F)c1-c1nc(N)ccc1C. The van der Waals surface area contributed by atoms with Gasteiger partial charge in [0.15, 0.2) is 0 Å². The number of benzene rings is 1. The van der Waals surface area contributed by atoms with Gasteiger partial charge in [-0.2, -0.15) is 0 Å². The van der Waals surface area contributed by atoms with Crippen molar-refractivity contribution in [3.63, 3.8) is 0 Å². The first-order chi connectivity index (χ1) is 8.13. The van der Waals surface area contributed by atoms with Gasteiger partial charge in [0.1, 0.15) is 17.4 Å². The highest BCUT2D eigenvalue weighted by atomic mass is 19.1. The van der Waals surface area contributed by atoms with Gasteiger partial charge in [0.2, 0.25) is 0 Å². The predicted octanol–water partition coefficient (Wildman–Crippen LogP) is 2.79. The summed E-state index contributed by atoms with van der Waals surface area (Å²) in [5.41, 5.74) is 7.34. The number of aromatic nitrogens is 1. The fourth-order valence-electron chi connectivity index (χ4n) is 1.70. The summed E-state index contributed by atoms with van der Waals surface area (Å²) in [4.78, 5) is 4.17. The Morgan fingerprint density at radius 3 is 2.71 bits per heavy atom. The third-order valence-corrected chi connectivity index (χ3v) is 2.55. The zero-order valence-electron chi connectivity index (χ0n) is 9.70. The van der Waals surface area contributed by atoms with Crippen molar-refractivity contribution in [3.8, 4) is 17.0 Å². The molecule has 0 radical (unpaired) electrons. The van der Waals surface area contributed by atoms with Crippen molar-refractivity contribution in [2.45, 2.75) is 6.92 Å². The number of rotatable bonds is 2. The van der Waals surface area contributed by atoms with Gasteiger partial charge in [-0.05, 0) is 30.7 Å². The van der Waals surface area contributed by atoms with Crippen LogP contribution in [0.4, 0.5) is 10.2 Å². The lowest BCUT2D eigenvalue weighted by molar-refractivity contribution is 0.413. The Hall–Kier alpha value is -2.10. The summed E-state index contributed by atoms with van der Waals surface area (Å²) in [6.45, 7) is 1.85. The van der Waals surface area contributed by atoms with Crippen LogP contribution in [0.5, 0.6) is 5.75 Å². The first-order valence-corrected chi connectivity index (χ1v) is 5.19. The van der Waals surface area contributed by atoms with Gasteiger partial charge in [-0.15, -0.1) is 0 Å². The normalized spacial score (nSPS) is 10.3. The molecule has 3 nitrogen and oxygen atoms in total. The van der Waals surface area contributed by atoms with Crippen LogP contribution in [-0.2, 0) is 0 Å². The van der Waals surface area contributed by atoms with Crippen LogP contribution in [0.15, 0.2) is 30.3 Å². The highest BCUT2D eigenvalue weighted by molar-refractivity contribution is 5.71. The van der Waals surface area contributed by atoms with E-state index in [0.717, 1.165) is 5.56 Å². The fourth-order valence-corrected chi connectivity index (χ4v) is 1.70. The summed E-state index contributed by atoms with van der Waals surface area (Å²) in [6.07, 6.45) is 0. The van der Waals surface area contributed by atoms with E-state index in [1.54, 1.807) is 18.2 Å². The van der Waals surface area contributed by atoms with Crippen molar-refractivity contribution < 1.29 is 9.13 Å². The molecule has 0 atom stereocenters. The molecule has 17 heavy (non-hydrogen) atoms. The second kappa shape index (κ2) is 4.41. The van der Waals surface area contributed by atoms with Crippen molar-refractivity contribution in [2.75, 3.05) is 12.8 Å². The lowest BCUT2D eigenvalue weighted by atomic mass is 10.0. The van der Waals surface area contributed by atoms with E-state index >= 15 is 0 Å². The van der Waals surface area contributed by atoms with Crippen LogP contribution in [0.3, 0.4) is 0 Å². The molecule has 0 fully saturated rings. The zero-order valence-corrected chi connectivity index (χ0v) is 9.70. The molecule has 1 aromatic carbocycles. The Morgan fingerprint density at radius 1 is 1.24 bits per heavy atom. The summed E-state index contributed by atoms with van der Waals surface area (Å²) >= 11 is 0. The number of nitrogens with two attached hydrogens (primary N) is 1. The maximum Gasteiger partial charge on any atom is 0.136 e. The highest BCUT2D eigenvalue weighted by Crippen LogP contribution is 2.33. The minimum atomic E-state index is -0.370. The quantitative estimate of drug-likeness (QED) is 0.866. The van der Waals surface area contributed by atoms with Crippen molar-refractivity contribution in [1.29, 1.82) is 0 Å². The second-order valence-electron chi connectivity index (χ2n) is 3.72. The maximum absolute atomic E-state index is 13.9. The van der Waals surface area contributed by atoms with E-state index in [2.05, 4.69) is 4.98 Å². The Balaban J connectivity index is 2.71. The number of nitrogens with zero attached hydrogens (tertiary/aromatic N) is 1. The van der Waals surface area contributed by atoms with Gasteiger partial charge < -0.3 is 10.5 Å². The number of nitrogen functional groups attached to an aromatic ring is 1. The van der Waals surface area contributed by atoms with Gasteiger partial charge in [-0.25, -0.2) is 9.37 Å². The third-order valence-electron chi connectivity index (χ3n) is 2.55. The number of hydrogen-bond acceptors (Lipinski definition) is 3. The van der Waals surface area contributed by atoms with E-state index in [9.17, 15) is 4.39 Å². The predicted molar refractivity (Wildman–Crippen MR) is 65.3 cm³/mol. The van der Waals surface area contributed by atoms with Crippen LogP contribution in [0.25, 0.3) is 11.3 Å². The molecule has 2 rings (SSSR count). The van der Waals surface area contributed by atoms with Gasteiger partial charge in [0.25, 0.3) is 0 Å². The topological polar surface area (TPSA) is 48.1 Å². The van der Waals surface area contributed by atoms with Crippen LogP contribution in [0.1, 0.15) is 5.56 Å². The van der Waals surface area contributed by atoms with Gasteiger partial charge in [0.05, 0.1) is 18.4 Å². The smallest absolute Gasteiger partial charge is 0.136 e. The first-order valence-electron chi connectivity index (χ1n) is 5.19. The number of pyridine rings is 1. The zero-order chi connectivity index (χ0) is 12.4. The number of anilines is 1. The molecule has 0 saturated heterocycles. The molecule has 0 spiro atoms. The van der Waals surface area contributed by atoms with Gasteiger partial charge in [0, 0.05) is 0 Å². The largest absolute Gasteiger partial charge is 0.496 e. The molecule has 0 bridgehead atoms. The van der Waals surface area contributed by atoms with E-state index in [0.29, 0.717) is 22.8 Å². The first kappa shape index (κ1) is 11.4. The third kappa shape index (κ3) is 2.06. The Bertz CT molecular complexity index is 555. The van der Waals surface area contributed by atoms with E-state index in [1.807, 2.05) is 13.0 Å². The fraction of sp³-hybridized carbons (Fsp3) is 0.154. The molecule has 0 saturated carbocycles. The van der Waals surface area contributed by atoms with Crippen LogP contribution in [0.2, 0.25) is 0 Å². The molecule has 2 N–H and O–H groups in total. The number of methoxy groups -OCH3 is 1. The minimum Gasteiger partial charge on any atom is -0.496 e. The monoisotopic (exact) mass is 232 g/mol. The molecule has 1 aromatic heterocycles. The molecule has 2 aromatic rings. The second-order valence-corrected chi connectivity index (χ2v) is 3.72. The van der Waals surface area contributed by atoms with Crippen molar-refractivity contribution in [3.05, 3.63) is 41.7 Å². The van der Waals surface area contributed by atoms with Crippen molar-refractivity contribution >= 4 is 5.82 Å². The van der Waals surface area contributed by atoms with Crippen LogP contribution in [0, 0.1) is 12.7 Å². The van der Waals surface area contributed by atoms with Crippen LogP contribution < -0.4 is 10.5 Å². The summed E-state index contributed by atoms with van der Waals surface area (Å²) in [6, 6.07) is 8.17. The van der Waals surface area contributed by atoms with Gasteiger partial charge in [-0.1, -0.05) is 12.1 Å². The highest BCUT2D eigenvalue weighted by Gasteiger charge is 2.15. The summed E-state index contributed by atoms with van der Waals surface area (Å²) in [7, 11) is 1.50. The molecular formula is C13H13FN2O. The number of hydrogen-bond donors (Lipinski definition) is 1. The van der Waals surface area contributed by atoms with E-state index in [-0.39, 0.29) is 5.82 Å².